The minimum Gasteiger partial charge on any atom is -0.452 e. The third-order valence-corrected chi connectivity index (χ3v) is 5.43. The first-order chi connectivity index (χ1) is 12.6. The van der Waals surface area contributed by atoms with E-state index in [1.165, 1.54) is 0 Å². The maximum atomic E-state index is 12.6. The molecule has 0 saturated carbocycles. The Morgan fingerprint density at radius 3 is 2.50 bits per heavy atom. The number of carbonyl (C=O) groups is 1. The van der Waals surface area contributed by atoms with E-state index >= 15 is 0 Å². The highest BCUT2D eigenvalue weighted by Gasteiger charge is 2.47. The molecule has 3 unspecified atom stereocenters. The molecule has 0 aromatic heterocycles. The van der Waals surface area contributed by atoms with Gasteiger partial charge in [-0.25, -0.2) is 4.79 Å². The van der Waals surface area contributed by atoms with Crippen molar-refractivity contribution in [3.8, 4) is 0 Å². The van der Waals surface area contributed by atoms with Crippen LogP contribution in [0.2, 0.25) is 0 Å². The summed E-state index contributed by atoms with van der Waals surface area (Å²) in [5.74, 6) is 0.485. The molecule has 1 fully saturated rings. The first-order valence-corrected chi connectivity index (χ1v) is 10.3. The average Bonchev–Trinajstić information content (AvgIpc) is 2.66. The number of benzene rings is 1. The van der Waals surface area contributed by atoms with E-state index < -0.39 is 6.10 Å². The Hall–Kier alpha value is -1.08. The van der Waals surface area contributed by atoms with Crippen molar-refractivity contribution in [3.05, 3.63) is 35.9 Å². The molecule has 1 aromatic rings. The van der Waals surface area contributed by atoms with E-state index in [9.17, 15) is 4.79 Å². The summed E-state index contributed by atoms with van der Waals surface area (Å²) in [7, 11) is 1.63. The zero-order chi connectivity index (χ0) is 18.9. The molecule has 6 heteroatoms. The van der Waals surface area contributed by atoms with Gasteiger partial charge in [0.1, 0.15) is 17.6 Å². The van der Waals surface area contributed by atoms with Crippen LogP contribution in [0.15, 0.2) is 30.3 Å². The molecular weight excluding hydrogens is 352 g/mol. The zero-order valence-corrected chi connectivity index (χ0v) is 16.9. The highest BCUT2D eigenvalue weighted by molar-refractivity contribution is 7.99. The van der Waals surface area contributed by atoms with Crippen LogP contribution < -0.4 is 0 Å². The van der Waals surface area contributed by atoms with Crippen LogP contribution in [0.4, 0.5) is 0 Å². The van der Waals surface area contributed by atoms with Gasteiger partial charge in [-0.15, -0.1) is 11.8 Å². The second-order valence-electron chi connectivity index (χ2n) is 6.29. The summed E-state index contributed by atoms with van der Waals surface area (Å²) in [6.45, 7) is 6.80. The monoisotopic (exact) mass is 382 g/mol. The number of hydrogen-bond donors (Lipinski definition) is 0. The summed E-state index contributed by atoms with van der Waals surface area (Å²) >= 11 is 1.62. The molecule has 0 N–H and O–H groups in total. The summed E-state index contributed by atoms with van der Waals surface area (Å²) in [5, 5.41) is 0. The highest BCUT2D eigenvalue weighted by Crippen LogP contribution is 2.33. The van der Waals surface area contributed by atoms with Gasteiger partial charge in [0.05, 0.1) is 11.7 Å². The second kappa shape index (κ2) is 10.9. The summed E-state index contributed by atoms with van der Waals surface area (Å²) in [4.78, 5) is 12.6. The Balaban J connectivity index is 2.17. The number of ether oxygens (including phenoxy) is 4. The molecule has 1 aromatic carbocycles. The number of carbonyl (C=O) groups excluding carboxylic acids is 1. The molecule has 5 atom stereocenters. The molecular formula is C20H30O5S. The van der Waals surface area contributed by atoms with Crippen molar-refractivity contribution in [2.75, 3.05) is 19.5 Å². The minimum atomic E-state index is -0.527. The number of unbranched alkanes of at least 4 members (excludes halogenated alkanes) is 1. The van der Waals surface area contributed by atoms with Crippen LogP contribution >= 0.6 is 11.8 Å². The minimum absolute atomic E-state index is 0.132. The van der Waals surface area contributed by atoms with Gasteiger partial charge in [0.25, 0.3) is 0 Å². The van der Waals surface area contributed by atoms with Crippen LogP contribution in [0, 0.1) is 0 Å². The van der Waals surface area contributed by atoms with E-state index in [0.29, 0.717) is 12.2 Å². The second-order valence-corrected chi connectivity index (χ2v) is 7.67. The molecule has 1 saturated heterocycles. The number of methoxy groups -OCH3 is 1. The first-order valence-electron chi connectivity index (χ1n) is 9.29. The van der Waals surface area contributed by atoms with Crippen LogP contribution in [0.3, 0.4) is 0 Å². The lowest BCUT2D eigenvalue weighted by Gasteiger charge is -2.44. The van der Waals surface area contributed by atoms with E-state index in [4.69, 9.17) is 18.9 Å². The fraction of sp³-hybridized carbons (Fsp3) is 0.650. The summed E-state index contributed by atoms with van der Waals surface area (Å²) in [6, 6.07) is 8.99. The Kier molecular flexibility index (Phi) is 8.91. The van der Waals surface area contributed by atoms with Gasteiger partial charge in [-0.05, 0) is 31.2 Å². The predicted molar refractivity (Wildman–Crippen MR) is 104 cm³/mol. The summed E-state index contributed by atoms with van der Waals surface area (Å²) in [5.41, 5.74) is 0.239. The summed E-state index contributed by atoms with van der Waals surface area (Å²) < 4.78 is 23.7. The smallest absolute Gasteiger partial charge is 0.338 e. The lowest BCUT2D eigenvalue weighted by atomic mass is 10.00. The van der Waals surface area contributed by atoms with Gasteiger partial charge < -0.3 is 18.9 Å². The van der Waals surface area contributed by atoms with Gasteiger partial charge in [-0.2, -0.15) is 0 Å². The Labute approximate surface area is 160 Å². The topological polar surface area (TPSA) is 54.0 Å². The molecule has 1 aliphatic rings. The fourth-order valence-corrected chi connectivity index (χ4v) is 4.01. The van der Waals surface area contributed by atoms with Crippen LogP contribution in [-0.2, 0) is 18.9 Å². The van der Waals surface area contributed by atoms with Crippen molar-refractivity contribution >= 4 is 17.7 Å². The fourth-order valence-electron chi connectivity index (χ4n) is 3.02. The van der Waals surface area contributed by atoms with Gasteiger partial charge in [-0.3, -0.25) is 0 Å². The molecule has 2 rings (SSSR count). The Morgan fingerprint density at radius 2 is 1.88 bits per heavy atom. The third kappa shape index (κ3) is 5.46. The maximum absolute atomic E-state index is 12.6. The van der Waals surface area contributed by atoms with Crippen molar-refractivity contribution < 1.29 is 23.7 Å². The average molecular weight is 383 g/mol. The highest BCUT2D eigenvalue weighted by atomic mass is 32.2. The van der Waals surface area contributed by atoms with Gasteiger partial charge >= 0.3 is 5.97 Å². The maximum Gasteiger partial charge on any atom is 0.338 e. The Morgan fingerprint density at radius 1 is 1.15 bits per heavy atom. The van der Waals surface area contributed by atoms with Crippen molar-refractivity contribution in [2.45, 2.75) is 63.5 Å². The molecule has 1 heterocycles. The van der Waals surface area contributed by atoms with E-state index in [1.807, 2.05) is 25.1 Å². The standard InChI is InChI=1S/C20H30O5S/c1-5-7-13-23-16-14(3)24-20(26-6-2)18(17(16)22-4)25-19(21)15-11-9-8-10-12-15/h8-12,14,16-18,20H,5-7,13H2,1-4H3/t14?,16-,17?,18?,20-/m0/s1. The largest absolute Gasteiger partial charge is 0.452 e. The van der Waals surface area contributed by atoms with Crippen LogP contribution in [0.5, 0.6) is 0 Å². The molecule has 146 valence electrons. The van der Waals surface area contributed by atoms with Crippen LogP contribution in [0.1, 0.15) is 44.0 Å². The molecule has 0 radical (unpaired) electrons. The van der Waals surface area contributed by atoms with Crippen molar-refractivity contribution in [1.82, 2.24) is 0 Å². The predicted octanol–water partition coefficient (Wildman–Crippen LogP) is 3.91. The first kappa shape index (κ1) is 21.2. The van der Waals surface area contributed by atoms with Crippen LogP contribution in [-0.4, -0.2) is 55.3 Å². The van der Waals surface area contributed by atoms with Gasteiger partial charge in [-0.1, -0.05) is 38.5 Å². The SMILES string of the molecule is CCCCO[C@H]1C(C)O[C@@H](SCC)C(OC(=O)c2ccccc2)C1OC. The number of hydrogen-bond acceptors (Lipinski definition) is 6. The zero-order valence-electron chi connectivity index (χ0n) is 16.1. The lowest BCUT2D eigenvalue weighted by Crippen LogP contribution is -2.58. The molecule has 26 heavy (non-hydrogen) atoms. The van der Waals surface area contributed by atoms with Crippen molar-refractivity contribution in [2.24, 2.45) is 0 Å². The quantitative estimate of drug-likeness (QED) is 0.477. The number of esters is 1. The molecule has 0 bridgehead atoms. The molecule has 0 amide bonds. The van der Waals surface area contributed by atoms with Crippen molar-refractivity contribution in [1.29, 1.82) is 0 Å². The Bertz CT molecular complexity index is 538. The van der Waals surface area contributed by atoms with E-state index in [2.05, 4.69) is 13.8 Å². The normalized spacial score (nSPS) is 28.7. The number of rotatable bonds is 9. The van der Waals surface area contributed by atoms with E-state index in [0.717, 1.165) is 18.6 Å². The summed E-state index contributed by atoms with van der Waals surface area (Å²) in [6.07, 6.45) is 0.732. The third-order valence-electron chi connectivity index (χ3n) is 4.39. The molecule has 5 nitrogen and oxygen atoms in total. The molecule has 1 aliphatic heterocycles. The van der Waals surface area contributed by atoms with Gasteiger partial charge in [0, 0.05) is 13.7 Å². The van der Waals surface area contributed by atoms with Gasteiger partial charge in [0.15, 0.2) is 6.10 Å². The van der Waals surface area contributed by atoms with E-state index in [1.54, 1.807) is 31.0 Å². The molecule has 0 spiro atoms. The number of thioether (sulfide) groups is 1. The van der Waals surface area contributed by atoms with Gasteiger partial charge in [0.2, 0.25) is 0 Å². The van der Waals surface area contributed by atoms with Crippen LogP contribution in [0.25, 0.3) is 0 Å². The molecule has 0 aliphatic carbocycles. The van der Waals surface area contributed by atoms with E-state index in [-0.39, 0.29) is 29.7 Å². The van der Waals surface area contributed by atoms with Crippen molar-refractivity contribution in [3.63, 3.8) is 0 Å². The lowest BCUT2D eigenvalue weighted by molar-refractivity contribution is -0.217.